The van der Waals surface area contributed by atoms with Crippen LogP contribution in [0, 0.1) is 6.92 Å². The second kappa shape index (κ2) is 11.5. The highest BCUT2D eigenvalue weighted by molar-refractivity contribution is 7.89. The summed E-state index contributed by atoms with van der Waals surface area (Å²) >= 11 is 0. The summed E-state index contributed by atoms with van der Waals surface area (Å²) in [5, 5.41) is 2.70. The Morgan fingerprint density at radius 1 is 1.06 bits per heavy atom. The van der Waals surface area contributed by atoms with Gasteiger partial charge in [0.1, 0.15) is 11.5 Å². The number of carbonyl (C=O) groups is 2. The van der Waals surface area contributed by atoms with Crippen LogP contribution in [-0.4, -0.2) is 39.4 Å². The van der Waals surface area contributed by atoms with Crippen molar-refractivity contribution in [2.24, 2.45) is 0 Å². The predicted octanol–water partition coefficient (Wildman–Crippen LogP) is 2.50. The van der Waals surface area contributed by atoms with Gasteiger partial charge in [-0.05, 0) is 66.6 Å². The molecule has 0 aliphatic rings. The lowest BCUT2D eigenvalue weighted by atomic mass is 10.0. The molecular weight excluding hydrogens is 484 g/mol. The van der Waals surface area contributed by atoms with E-state index in [1.807, 2.05) is 6.07 Å². The molecule has 0 radical (unpaired) electrons. The van der Waals surface area contributed by atoms with Crippen molar-refractivity contribution in [2.75, 3.05) is 14.2 Å². The van der Waals surface area contributed by atoms with E-state index in [1.54, 1.807) is 43.5 Å². The highest BCUT2D eigenvalue weighted by atomic mass is 32.2. The molecule has 0 atom stereocenters. The predicted molar refractivity (Wildman–Crippen MR) is 134 cm³/mol. The lowest BCUT2D eigenvalue weighted by Crippen LogP contribution is -2.41. The number of ether oxygens (including phenoxy) is 2. The highest BCUT2D eigenvalue weighted by Crippen LogP contribution is 2.32. The maximum atomic E-state index is 12.9. The number of pyridine rings is 1. The third kappa shape index (κ3) is 6.26. The van der Waals surface area contributed by atoms with E-state index in [0.29, 0.717) is 11.3 Å². The molecule has 2 aromatic carbocycles. The second-order valence-corrected chi connectivity index (χ2v) is 9.23. The molecule has 11 heteroatoms. The summed E-state index contributed by atoms with van der Waals surface area (Å²) in [5.41, 5.74) is 5.24. The molecule has 0 unspecified atom stereocenters. The Bertz CT molecular complexity index is 1380. The zero-order valence-electron chi connectivity index (χ0n) is 20.0. The molecule has 3 N–H and O–H groups in total. The van der Waals surface area contributed by atoms with Crippen LogP contribution in [0.2, 0.25) is 0 Å². The summed E-state index contributed by atoms with van der Waals surface area (Å²) in [6, 6.07) is 13.1. The summed E-state index contributed by atoms with van der Waals surface area (Å²) in [6.45, 7) is 5.51. The van der Waals surface area contributed by atoms with Crippen molar-refractivity contribution in [1.29, 1.82) is 0 Å². The number of hydrogen-bond acceptors (Lipinski definition) is 7. The molecule has 0 bridgehead atoms. The summed E-state index contributed by atoms with van der Waals surface area (Å²) in [4.78, 5) is 30.5. The number of hydrazine groups is 1. The van der Waals surface area contributed by atoms with Crippen LogP contribution in [0.4, 0.5) is 0 Å². The zero-order chi connectivity index (χ0) is 26.3. The fourth-order valence-electron chi connectivity index (χ4n) is 3.38. The normalized spacial score (nSPS) is 10.9. The van der Waals surface area contributed by atoms with Gasteiger partial charge in [0.05, 0.1) is 19.9 Å². The number of aromatic nitrogens is 1. The Morgan fingerprint density at radius 2 is 1.75 bits per heavy atom. The van der Waals surface area contributed by atoms with Crippen LogP contribution >= 0.6 is 0 Å². The molecule has 3 aromatic rings. The molecule has 1 aromatic heterocycles. The van der Waals surface area contributed by atoms with Gasteiger partial charge in [-0.25, -0.2) is 8.42 Å². The first kappa shape index (κ1) is 26.4. The van der Waals surface area contributed by atoms with E-state index in [0.717, 1.165) is 11.1 Å². The molecule has 0 saturated heterocycles. The first-order chi connectivity index (χ1) is 17.2. The quantitative estimate of drug-likeness (QED) is 0.282. The lowest BCUT2D eigenvalue weighted by molar-refractivity contribution is -0.116. The highest BCUT2D eigenvalue weighted by Gasteiger charge is 2.25. The van der Waals surface area contributed by atoms with Gasteiger partial charge in [-0.1, -0.05) is 12.6 Å². The van der Waals surface area contributed by atoms with E-state index in [1.165, 1.54) is 32.4 Å². The number of benzene rings is 2. The van der Waals surface area contributed by atoms with Crippen molar-refractivity contribution < 1.29 is 27.5 Å². The van der Waals surface area contributed by atoms with E-state index >= 15 is 0 Å². The van der Waals surface area contributed by atoms with Gasteiger partial charge in [0.25, 0.3) is 15.9 Å². The van der Waals surface area contributed by atoms with Crippen LogP contribution in [0.15, 0.2) is 72.3 Å². The van der Waals surface area contributed by atoms with Gasteiger partial charge in [-0.2, -0.15) is 0 Å². The fraction of sp³-hybridized carbons (Fsp3) is 0.160. The fourth-order valence-corrected chi connectivity index (χ4v) is 4.55. The van der Waals surface area contributed by atoms with E-state index in [2.05, 4.69) is 27.1 Å². The molecule has 2 amide bonds. The van der Waals surface area contributed by atoms with Crippen LogP contribution in [-0.2, 0) is 21.4 Å². The Labute approximate surface area is 209 Å². The lowest BCUT2D eigenvalue weighted by Gasteiger charge is -2.15. The van der Waals surface area contributed by atoms with Crippen molar-refractivity contribution in [3.63, 3.8) is 0 Å². The number of rotatable bonds is 10. The van der Waals surface area contributed by atoms with Gasteiger partial charge in [-0.15, -0.1) is 4.83 Å². The number of hydrogen-bond donors (Lipinski definition) is 3. The Balaban J connectivity index is 1.82. The average molecular weight is 511 g/mol. The first-order valence-electron chi connectivity index (χ1n) is 10.7. The standard InChI is InChI=1S/C25H26N4O6S/c1-5-23(30)27-15-17-9-10-26-20(13-17)18-11-16(2)12-19(14-18)25(31)28-29-36(32,33)24-21(34-3)7-6-8-22(24)35-4/h5-14,29H,1,15H2,2-4H3,(H,27,30)(H,28,31). The van der Waals surface area contributed by atoms with E-state index in [-0.39, 0.29) is 34.4 Å². The number of sulfonamides is 1. The van der Waals surface area contributed by atoms with Crippen LogP contribution in [0.3, 0.4) is 0 Å². The third-order valence-electron chi connectivity index (χ3n) is 5.06. The molecule has 10 nitrogen and oxygen atoms in total. The number of carbonyl (C=O) groups excluding carboxylic acids is 2. The largest absolute Gasteiger partial charge is 0.495 e. The summed E-state index contributed by atoms with van der Waals surface area (Å²) < 4.78 is 36.1. The van der Waals surface area contributed by atoms with Gasteiger partial charge in [-0.3, -0.25) is 20.0 Å². The van der Waals surface area contributed by atoms with Crippen LogP contribution < -0.4 is 25.0 Å². The Hall–Kier alpha value is -4.22. The SMILES string of the molecule is C=CC(=O)NCc1ccnc(-c2cc(C)cc(C(=O)NNS(=O)(=O)c3c(OC)cccc3OC)c2)c1. The smallest absolute Gasteiger partial charge is 0.266 e. The van der Waals surface area contributed by atoms with Crippen LogP contribution in [0.5, 0.6) is 11.5 Å². The maximum Gasteiger partial charge on any atom is 0.266 e. The van der Waals surface area contributed by atoms with Crippen molar-refractivity contribution >= 4 is 21.8 Å². The maximum absolute atomic E-state index is 12.9. The van der Waals surface area contributed by atoms with Crippen molar-refractivity contribution in [3.8, 4) is 22.8 Å². The first-order valence-corrected chi connectivity index (χ1v) is 12.2. The van der Waals surface area contributed by atoms with Crippen molar-refractivity contribution in [3.05, 3.63) is 84.1 Å². The van der Waals surface area contributed by atoms with Crippen LogP contribution in [0.1, 0.15) is 21.5 Å². The number of methoxy groups -OCH3 is 2. The molecule has 36 heavy (non-hydrogen) atoms. The van der Waals surface area contributed by atoms with E-state index < -0.39 is 15.9 Å². The van der Waals surface area contributed by atoms with Gasteiger partial charge < -0.3 is 14.8 Å². The van der Waals surface area contributed by atoms with Crippen molar-refractivity contribution in [1.82, 2.24) is 20.6 Å². The minimum atomic E-state index is -4.23. The molecule has 0 spiro atoms. The number of aryl methyl sites for hydroxylation is 1. The van der Waals surface area contributed by atoms with Gasteiger partial charge >= 0.3 is 0 Å². The molecule has 0 aliphatic carbocycles. The molecule has 0 saturated carbocycles. The van der Waals surface area contributed by atoms with E-state index in [4.69, 9.17) is 9.47 Å². The van der Waals surface area contributed by atoms with Crippen LogP contribution in [0.25, 0.3) is 11.3 Å². The molecule has 3 rings (SSSR count). The molecule has 0 fully saturated rings. The van der Waals surface area contributed by atoms with Gasteiger partial charge in [0.15, 0.2) is 4.90 Å². The second-order valence-electron chi connectivity index (χ2n) is 7.61. The number of amides is 2. The molecule has 188 valence electrons. The van der Waals surface area contributed by atoms with Gasteiger partial charge in [0, 0.05) is 23.9 Å². The van der Waals surface area contributed by atoms with E-state index in [9.17, 15) is 18.0 Å². The average Bonchev–Trinajstić information content (AvgIpc) is 2.89. The minimum Gasteiger partial charge on any atom is -0.495 e. The Kier molecular flexibility index (Phi) is 8.41. The third-order valence-corrected chi connectivity index (χ3v) is 6.37. The summed E-state index contributed by atoms with van der Waals surface area (Å²) in [5.74, 6) is -0.851. The number of nitrogens with one attached hydrogen (secondary N) is 3. The van der Waals surface area contributed by atoms with Gasteiger partial charge in [0.2, 0.25) is 5.91 Å². The summed E-state index contributed by atoms with van der Waals surface area (Å²) in [7, 11) is -1.57. The Morgan fingerprint density at radius 3 is 2.39 bits per heavy atom. The molecule has 1 heterocycles. The number of nitrogens with zero attached hydrogens (tertiary/aromatic N) is 1. The minimum absolute atomic E-state index is 0.0594. The summed E-state index contributed by atoms with van der Waals surface area (Å²) in [6.07, 6.45) is 2.79. The van der Waals surface area contributed by atoms with Crippen molar-refractivity contribution in [2.45, 2.75) is 18.4 Å². The zero-order valence-corrected chi connectivity index (χ0v) is 20.8. The molecule has 0 aliphatic heterocycles. The molecular formula is C25H26N4O6S. The topological polar surface area (TPSA) is 136 Å². The monoisotopic (exact) mass is 510 g/mol.